The molecular formula is C27H41NO2P2. The first-order valence-corrected chi connectivity index (χ1v) is 15.1. The Balaban J connectivity index is 2.18. The quantitative estimate of drug-likeness (QED) is 0.410. The SMILES string of the molecule is CCP(CC)C1C([C@H](C)N(C)C)CCC1P(c1ccccc1OC)c1ccccc1OC. The van der Waals surface area contributed by atoms with E-state index in [-0.39, 0.29) is 7.92 Å². The van der Waals surface area contributed by atoms with Gasteiger partial charge in [0.15, 0.2) is 0 Å². The second-order valence-electron chi connectivity index (χ2n) is 8.94. The first-order valence-electron chi connectivity index (χ1n) is 11.9. The number of ether oxygens (including phenoxy) is 2. The monoisotopic (exact) mass is 473 g/mol. The van der Waals surface area contributed by atoms with E-state index in [4.69, 9.17) is 9.47 Å². The Hall–Kier alpha value is -1.14. The van der Waals surface area contributed by atoms with Crippen molar-refractivity contribution in [2.75, 3.05) is 40.6 Å². The molecule has 176 valence electrons. The number of hydrogen-bond donors (Lipinski definition) is 0. The maximum Gasteiger partial charge on any atom is 0.126 e. The molecule has 0 spiro atoms. The molecule has 0 heterocycles. The van der Waals surface area contributed by atoms with Crippen LogP contribution in [-0.2, 0) is 0 Å². The summed E-state index contributed by atoms with van der Waals surface area (Å²) in [6, 6.07) is 18.0. The van der Waals surface area contributed by atoms with Gasteiger partial charge in [-0.1, -0.05) is 50.2 Å². The Morgan fingerprint density at radius 1 is 0.875 bits per heavy atom. The standard InChI is InChI=1S/C27H41NO2P2/c1-8-31(9-2)27-21(20(3)28(4)5)18-19-26(27)32(24-16-12-10-14-22(24)29-6)25-17-13-11-15-23(25)30-7/h10-17,20-21,26-27H,8-9,18-19H2,1-7H3/t20-,21?,26?,27?/m0/s1. The third-order valence-electron chi connectivity index (χ3n) is 7.32. The fourth-order valence-electron chi connectivity index (χ4n) is 5.49. The lowest BCUT2D eigenvalue weighted by Crippen LogP contribution is -2.40. The summed E-state index contributed by atoms with van der Waals surface area (Å²) in [7, 11) is 7.48. The smallest absolute Gasteiger partial charge is 0.126 e. The zero-order chi connectivity index (χ0) is 23.3. The largest absolute Gasteiger partial charge is 0.496 e. The normalized spacial score (nSPS) is 22.0. The van der Waals surface area contributed by atoms with Crippen LogP contribution in [0, 0.1) is 5.92 Å². The van der Waals surface area contributed by atoms with Crippen molar-refractivity contribution in [1.29, 1.82) is 0 Å². The van der Waals surface area contributed by atoms with E-state index in [0.29, 0.717) is 11.7 Å². The summed E-state index contributed by atoms with van der Waals surface area (Å²) in [5, 5.41) is 2.73. The summed E-state index contributed by atoms with van der Waals surface area (Å²) in [4.78, 5) is 2.44. The number of rotatable bonds is 10. The minimum Gasteiger partial charge on any atom is -0.496 e. The van der Waals surface area contributed by atoms with E-state index in [1.807, 2.05) is 14.2 Å². The van der Waals surface area contributed by atoms with Crippen LogP contribution in [0.15, 0.2) is 48.5 Å². The molecule has 0 saturated heterocycles. The highest BCUT2D eigenvalue weighted by molar-refractivity contribution is 7.75. The van der Waals surface area contributed by atoms with Gasteiger partial charge in [-0.3, -0.25) is 0 Å². The van der Waals surface area contributed by atoms with Gasteiger partial charge in [0.2, 0.25) is 0 Å². The highest BCUT2D eigenvalue weighted by atomic mass is 31.1. The minimum atomic E-state index is -0.611. The van der Waals surface area contributed by atoms with Gasteiger partial charge in [0.05, 0.1) is 14.2 Å². The van der Waals surface area contributed by atoms with Crippen molar-refractivity contribution in [1.82, 2.24) is 4.90 Å². The molecule has 1 fully saturated rings. The van der Waals surface area contributed by atoms with Crippen molar-refractivity contribution in [2.24, 2.45) is 5.92 Å². The third kappa shape index (κ3) is 5.16. The molecule has 4 atom stereocenters. The van der Waals surface area contributed by atoms with E-state index in [2.05, 4.69) is 88.3 Å². The lowest BCUT2D eigenvalue weighted by molar-refractivity contribution is 0.232. The molecule has 2 aromatic rings. The molecule has 0 aromatic heterocycles. The molecule has 5 heteroatoms. The summed E-state index contributed by atoms with van der Waals surface area (Å²) >= 11 is 0. The van der Waals surface area contributed by atoms with Crippen LogP contribution >= 0.6 is 15.8 Å². The molecule has 0 radical (unpaired) electrons. The average molecular weight is 474 g/mol. The molecule has 3 rings (SSSR count). The molecule has 0 aliphatic heterocycles. The van der Waals surface area contributed by atoms with E-state index in [1.165, 1.54) is 35.8 Å². The fourth-order valence-corrected chi connectivity index (χ4v) is 12.5. The van der Waals surface area contributed by atoms with Crippen molar-refractivity contribution < 1.29 is 9.47 Å². The highest BCUT2D eigenvalue weighted by Gasteiger charge is 2.47. The van der Waals surface area contributed by atoms with Crippen LogP contribution in [0.5, 0.6) is 11.5 Å². The summed E-state index contributed by atoms with van der Waals surface area (Å²) < 4.78 is 11.8. The summed E-state index contributed by atoms with van der Waals surface area (Å²) in [5.74, 6) is 2.78. The van der Waals surface area contributed by atoms with Gasteiger partial charge in [-0.2, -0.15) is 0 Å². The molecule has 1 aliphatic carbocycles. The third-order valence-corrected chi connectivity index (χ3v) is 13.8. The van der Waals surface area contributed by atoms with Crippen molar-refractivity contribution >= 4 is 26.5 Å². The highest BCUT2D eigenvalue weighted by Crippen LogP contribution is 2.62. The lowest BCUT2D eigenvalue weighted by atomic mass is 9.98. The number of methoxy groups -OCH3 is 2. The molecule has 1 saturated carbocycles. The van der Waals surface area contributed by atoms with Crippen LogP contribution < -0.4 is 20.1 Å². The van der Waals surface area contributed by atoms with E-state index >= 15 is 0 Å². The Kier molecular flexibility index (Phi) is 9.42. The second-order valence-corrected chi connectivity index (χ2v) is 14.3. The van der Waals surface area contributed by atoms with Crippen molar-refractivity contribution in [3.63, 3.8) is 0 Å². The number of benzene rings is 2. The van der Waals surface area contributed by atoms with Gasteiger partial charge in [0.1, 0.15) is 11.5 Å². The maximum atomic E-state index is 5.91. The zero-order valence-corrected chi connectivity index (χ0v) is 22.7. The molecular weight excluding hydrogens is 432 g/mol. The topological polar surface area (TPSA) is 21.7 Å². The van der Waals surface area contributed by atoms with Gasteiger partial charge in [-0.25, -0.2) is 0 Å². The van der Waals surface area contributed by atoms with Gasteiger partial charge < -0.3 is 14.4 Å². The van der Waals surface area contributed by atoms with Crippen LogP contribution in [-0.4, -0.2) is 62.9 Å². The van der Waals surface area contributed by atoms with Crippen LogP contribution in [0.4, 0.5) is 0 Å². The Labute approximate surface area is 198 Å². The summed E-state index contributed by atoms with van der Waals surface area (Å²) in [6.07, 6.45) is 5.22. The molecule has 3 nitrogen and oxygen atoms in total. The number of hydrogen-bond acceptors (Lipinski definition) is 3. The second kappa shape index (κ2) is 11.8. The molecule has 0 bridgehead atoms. The van der Waals surface area contributed by atoms with Gasteiger partial charge in [-0.15, -0.1) is 7.92 Å². The van der Waals surface area contributed by atoms with E-state index in [0.717, 1.165) is 23.1 Å². The zero-order valence-electron chi connectivity index (χ0n) is 20.9. The molecule has 0 N–H and O–H groups in total. The predicted molar refractivity (Wildman–Crippen MR) is 144 cm³/mol. The molecule has 32 heavy (non-hydrogen) atoms. The van der Waals surface area contributed by atoms with E-state index in [1.54, 1.807) is 0 Å². The van der Waals surface area contributed by atoms with E-state index in [9.17, 15) is 0 Å². The van der Waals surface area contributed by atoms with E-state index < -0.39 is 7.92 Å². The maximum absolute atomic E-state index is 5.91. The minimum absolute atomic E-state index is 0.0263. The summed E-state index contributed by atoms with van der Waals surface area (Å²) in [5.41, 5.74) is 1.41. The fraction of sp³-hybridized carbons (Fsp3) is 0.556. The molecule has 0 amide bonds. The van der Waals surface area contributed by atoms with Gasteiger partial charge in [-0.05, 0) is 83.5 Å². The van der Waals surface area contributed by atoms with Crippen LogP contribution in [0.25, 0.3) is 0 Å². The number of para-hydroxylation sites is 2. The van der Waals surface area contributed by atoms with Gasteiger partial charge >= 0.3 is 0 Å². The molecule has 2 aromatic carbocycles. The van der Waals surface area contributed by atoms with Crippen LogP contribution in [0.1, 0.15) is 33.6 Å². The first kappa shape index (κ1) is 25.5. The Bertz CT molecular complexity index is 808. The van der Waals surface area contributed by atoms with Crippen molar-refractivity contribution in [3.8, 4) is 11.5 Å². The van der Waals surface area contributed by atoms with Gasteiger partial charge in [0, 0.05) is 16.7 Å². The number of nitrogens with zero attached hydrogens (tertiary/aromatic N) is 1. The van der Waals surface area contributed by atoms with Crippen molar-refractivity contribution in [2.45, 2.75) is 51.0 Å². The molecule has 3 unspecified atom stereocenters. The summed E-state index contributed by atoms with van der Waals surface area (Å²) in [6.45, 7) is 7.26. The molecule has 1 aliphatic rings. The lowest BCUT2D eigenvalue weighted by Gasteiger charge is -2.40. The van der Waals surface area contributed by atoms with Crippen molar-refractivity contribution in [3.05, 3.63) is 48.5 Å². The van der Waals surface area contributed by atoms with Gasteiger partial charge in [0.25, 0.3) is 0 Å². The average Bonchev–Trinajstić information content (AvgIpc) is 3.24. The van der Waals surface area contributed by atoms with Crippen LogP contribution in [0.3, 0.4) is 0 Å². The first-order chi connectivity index (χ1) is 15.5. The predicted octanol–water partition coefficient (Wildman–Crippen LogP) is 5.76. The Morgan fingerprint density at radius 3 is 1.81 bits per heavy atom. The Morgan fingerprint density at radius 2 is 1.38 bits per heavy atom. The van der Waals surface area contributed by atoms with Crippen LogP contribution in [0.2, 0.25) is 0 Å².